The zero-order chi connectivity index (χ0) is 14.8. The third-order valence-electron chi connectivity index (χ3n) is 2.98. The van der Waals surface area contributed by atoms with Gasteiger partial charge in [0.2, 0.25) is 0 Å². The number of hydrogen-bond donors (Lipinski definition) is 3. The minimum atomic E-state index is -0.633. The van der Waals surface area contributed by atoms with Crippen LogP contribution in [0, 0.1) is 0 Å². The highest BCUT2D eigenvalue weighted by Crippen LogP contribution is 2.17. The van der Waals surface area contributed by atoms with Crippen molar-refractivity contribution in [3.05, 3.63) is 54.0 Å². The first-order valence-electron chi connectivity index (χ1n) is 6.14. The Morgan fingerprint density at radius 1 is 1.14 bits per heavy atom. The number of amides is 2. The van der Waals surface area contributed by atoms with Crippen molar-refractivity contribution in [2.45, 2.75) is 0 Å². The monoisotopic (exact) mass is 281 g/mol. The van der Waals surface area contributed by atoms with Crippen molar-refractivity contribution in [2.75, 3.05) is 5.32 Å². The van der Waals surface area contributed by atoms with Crippen molar-refractivity contribution in [3.63, 3.8) is 0 Å². The number of aromatic nitrogens is 3. The van der Waals surface area contributed by atoms with Gasteiger partial charge in [-0.25, -0.2) is 0 Å². The molecule has 7 heteroatoms. The molecule has 0 atom stereocenters. The maximum atomic E-state index is 12.1. The number of nitrogens with one attached hydrogen (secondary N) is 2. The van der Waals surface area contributed by atoms with E-state index in [1.165, 1.54) is 18.3 Å². The van der Waals surface area contributed by atoms with E-state index in [4.69, 9.17) is 5.73 Å². The molecule has 0 bridgehead atoms. The summed E-state index contributed by atoms with van der Waals surface area (Å²) in [5.74, 6) is -0.955. The number of primary amides is 1. The Balaban J connectivity index is 1.80. The summed E-state index contributed by atoms with van der Waals surface area (Å²) in [6.07, 6.45) is 3.01. The maximum Gasteiger partial charge on any atom is 0.267 e. The number of rotatable bonds is 3. The fourth-order valence-corrected chi connectivity index (χ4v) is 1.89. The highest BCUT2D eigenvalue weighted by atomic mass is 16.2. The van der Waals surface area contributed by atoms with Crippen LogP contribution >= 0.6 is 0 Å². The summed E-state index contributed by atoms with van der Waals surface area (Å²) in [7, 11) is 0. The molecule has 2 heterocycles. The second-order valence-corrected chi connectivity index (χ2v) is 4.42. The summed E-state index contributed by atoms with van der Waals surface area (Å²) < 4.78 is 0. The second-order valence-electron chi connectivity index (χ2n) is 4.42. The lowest BCUT2D eigenvalue weighted by molar-refractivity contribution is 0.0990. The lowest BCUT2D eigenvalue weighted by Gasteiger charge is -2.05. The van der Waals surface area contributed by atoms with Crippen LogP contribution in [-0.2, 0) is 0 Å². The first kappa shape index (κ1) is 12.8. The van der Waals surface area contributed by atoms with Crippen LogP contribution in [0.15, 0.2) is 42.7 Å². The first-order chi connectivity index (χ1) is 10.1. The third kappa shape index (κ3) is 2.57. The average molecular weight is 281 g/mol. The molecule has 0 radical (unpaired) electrons. The van der Waals surface area contributed by atoms with Crippen LogP contribution in [0.4, 0.5) is 5.69 Å². The molecular weight excluding hydrogens is 270 g/mol. The van der Waals surface area contributed by atoms with E-state index in [0.29, 0.717) is 11.3 Å². The first-order valence-corrected chi connectivity index (χ1v) is 6.14. The maximum absolute atomic E-state index is 12.1. The smallest absolute Gasteiger partial charge is 0.267 e. The summed E-state index contributed by atoms with van der Waals surface area (Å²) in [4.78, 5) is 26.8. The predicted octanol–water partition coefficient (Wildman–Crippen LogP) is 1.31. The van der Waals surface area contributed by atoms with Crippen LogP contribution in [-0.4, -0.2) is 27.0 Å². The fraction of sp³-hybridized carbons (Fsp3) is 0. The molecule has 0 aliphatic carbocycles. The SMILES string of the molecule is NC(=O)c1ccc(C(=O)Nc2ccc3cn[nH]c3c2)cn1. The highest BCUT2D eigenvalue weighted by molar-refractivity contribution is 6.05. The molecule has 3 rings (SSSR count). The Labute approximate surface area is 119 Å². The molecule has 2 amide bonds. The number of aromatic amines is 1. The number of H-pyrrole nitrogens is 1. The van der Waals surface area contributed by atoms with Crippen molar-refractivity contribution in [3.8, 4) is 0 Å². The van der Waals surface area contributed by atoms with Crippen LogP contribution in [0.25, 0.3) is 10.9 Å². The zero-order valence-corrected chi connectivity index (χ0v) is 10.8. The van der Waals surface area contributed by atoms with E-state index in [1.807, 2.05) is 6.07 Å². The van der Waals surface area contributed by atoms with Crippen molar-refractivity contribution in [1.82, 2.24) is 15.2 Å². The molecule has 0 aliphatic rings. The topological polar surface area (TPSA) is 114 Å². The van der Waals surface area contributed by atoms with Crippen molar-refractivity contribution in [2.24, 2.45) is 5.73 Å². The van der Waals surface area contributed by atoms with Gasteiger partial charge in [-0.3, -0.25) is 19.7 Å². The quantitative estimate of drug-likeness (QED) is 0.671. The lowest BCUT2D eigenvalue weighted by Crippen LogP contribution is -2.15. The molecule has 104 valence electrons. The fourth-order valence-electron chi connectivity index (χ4n) is 1.89. The summed E-state index contributed by atoms with van der Waals surface area (Å²) in [5.41, 5.74) is 7.01. The summed E-state index contributed by atoms with van der Waals surface area (Å²) in [6, 6.07) is 8.32. The van der Waals surface area contributed by atoms with Crippen molar-refractivity contribution < 1.29 is 9.59 Å². The van der Waals surface area contributed by atoms with Gasteiger partial charge in [-0.2, -0.15) is 5.10 Å². The molecule has 0 aliphatic heterocycles. The molecule has 21 heavy (non-hydrogen) atoms. The molecule has 0 saturated carbocycles. The Hall–Kier alpha value is -3.22. The van der Waals surface area contributed by atoms with Gasteiger partial charge in [0.15, 0.2) is 0 Å². The molecule has 1 aromatic carbocycles. The van der Waals surface area contributed by atoms with Gasteiger partial charge in [0.05, 0.1) is 17.3 Å². The van der Waals surface area contributed by atoms with E-state index in [-0.39, 0.29) is 11.6 Å². The Bertz CT molecular complexity index is 823. The van der Waals surface area contributed by atoms with Gasteiger partial charge in [-0.05, 0) is 30.3 Å². The number of pyridine rings is 1. The Morgan fingerprint density at radius 2 is 2.00 bits per heavy atom. The van der Waals surface area contributed by atoms with E-state index in [1.54, 1.807) is 18.3 Å². The minimum absolute atomic E-state index is 0.116. The zero-order valence-electron chi connectivity index (χ0n) is 10.8. The van der Waals surface area contributed by atoms with E-state index >= 15 is 0 Å². The van der Waals surface area contributed by atoms with Crippen molar-refractivity contribution in [1.29, 1.82) is 0 Å². The summed E-state index contributed by atoms with van der Waals surface area (Å²) in [6.45, 7) is 0. The minimum Gasteiger partial charge on any atom is -0.364 e. The van der Waals surface area contributed by atoms with Gasteiger partial charge in [0, 0.05) is 17.3 Å². The van der Waals surface area contributed by atoms with Gasteiger partial charge in [0.1, 0.15) is 5.69 Å². The number of benzene rings is 1. The van der Waals surface area contributed by atoms with Gasteiger partial charge in [-0.15, -0.1) is 0 Å². The second kappa shape index (κ2) is 5.04. The molecule has 0 unspecified atom stereocenters. The number of carbonyl (C=O) groups excluding carboxylic acids is 2. The molecule has 0 spiro atoms. The van der Waals surface area contributed by atoms with Crippen molar-refractivity contribution >= 4 is 28.4 Å². The van der Waals surface area contributed by atoms with Crippen LogP contribution in [0.1, 0.15) is 20.8 Å². The van der Waals surface area contributed by atoms with Crippen LogP contribution in [0.2, 0.25) is 0 Å². The van der Waals surface area contributed by atoms with Crippen LogP contribution in [0.5, 0.6) is 0 Å². The van der Waals surface area contributed by atoms with E-state index < -0.39 is 5.91 Å². The van der Waals surface area contributed by atoms with Crippen LogP contribution < -0.4 is 11.1 Å². The molecule has 4 N–H and O–H groups in total. The molecule has 0 fully saturated rings. The number of nitrogens with zero attached hydrogens (tertiary/aromatic N) is 2. The largest absolute Gasteiger partial charge is 0.364 e. The van der Waals surface area contributed by atoms with E-state index in [9.17, 15) is 9.59 Å². The van der Waals surface area contributed by atoms with E-state index in [0.717, 1.165) is 10.9 Å². The highest BCUT2D eigenvalue weighted by Gasteiger charge is 2.09. The third-order valence-corrected chi connectivity index (χ3v) is 2.98. The number of carbonyl (C=O) groups is 2. The summed E-state index contributed by atoms with van der Waals surface area (Å²) >= 11 is 0. The van der Waals surface area contributed by atoms with Gasteiger partial charge in [0.25, 0.3) is 11.8 Å². The Kier molecular flexibility index (Phi) is 3.07. The molecule has 0 saturated heterocycles. The van der Waals surface area contributed by atoms with E-state index in [2.05, 4.69) is 20.5 Å². The standard InChI is InChI=1S/C14H11N5O2/c15-13(20)11-4-2-9(6-16-11)14(21)18-10-3-1-8-7-17-19-12(8)5-10/h1-7H,(H2,15,20)(H,17,19)(H,18,21). The number of nitrogens with two attached hydrogens (primary N) is 1. The Morgan fingerprint density at radius 3 is 2.71 bits per heavy atom. The molecular formula is C14H11N5O2. The number of anilines is 1. The predicted molar refractivity (Wildman–Crippen MR) is 76.8 cm³/mol. The average Bonchev–Trinajstić information content (AvgIpc) is 2.95. The number of hydrogen-bond acceptors (Lipinski definition) is 4. The molecule has 7 nitrogen and oxygen atoms in total. The lowest BCUT2D eigenvalue weighted by atomic mass is 10.2. The normalized spacial score (nSPS) is 10.5. The van der Waals surface area contributed by atoms with Gasteiger partial charge < -0.3 is 11.1 Å². The molecule has 3 aromatic rings. The summed E-state index contributed by atoms with van der Waals surface area (Å²) in [5, 5.41) is 10.4. The van der Waals surface area contributed by atoms with Gasteiger partial charge >= 0.3 is 0 Å². The molecule has 2 aromatic heterocycles. The van der Waals surface area contributed by atoms with Crippen LogP contribution in [0.3, 0.4) is 0 Å². The van der Waals surface area contributed by atoms with Gasteiger partial charge in [-0.1, -0.05) is 0 Å². The number of fused-ring (bicyclic) bond motifs is 1.